The summed E-state index contributed by atoms with van der Waals surface area (Å²) in [6.07, 6.45) is 71.4. The van der Waals surface area contributed by atoms with Crippen LogP contribution in [0.4, 0.5) is 0 Å². The Morgan fingerprint density at radius 3 is 1.18 bits per heavy atom. The minimum Gasteiger partial charge on any atom is -0.456 e. The van der Waals surface area contributed by atoms with E-state index in [-0.39, 0.29) is 25.1 Å². The topological polar surface area (TPSA) is 111 Å². The maximum atomic E-state index is 13.6. The molecule has 0 bridgehead atoms. The number of amides is 1. The summed E-state index contributed by atoms with van der Waals surface area (Å²) in [6.45, 7) is 7.04. The number of nitrogens with zero attached hydrogens (tertiary/aromatic N) is 1. The highest BCUT2D eigenvalue weighted by Gasteiger charge is 2.30. The van der Waals surface area contributed by atoms with Crippen LogP contribution in [0.2, 0.25) is 0 Å². The molecule has 78 heavy (non-hydrogen) atoms. The SMILES string of the molecule is CCCCC/C=C\C/C=C\CCCCCCCCCCCCCCCCCC(=O)NC(COP(=O)(O)OCC[N+](C)(C)C)C(/C=C\CCCCCCCCCCCCC)OC(=O)CCCCCCCCCCCCCCCC. The van der Waals surface area contributed by atoms with Gasteiger partial charge in [0.1, 0.15) is 19.3 Å². The number of carbonyl (C=O) groups is 2. The molecular weight excluding hydrogens is 988 g/mol. The normalized spacial score (nSPS) is 13.8. The van der Waals surface area contributed by atoms with Gasteiger partial charge < -0.3 is 19.4 Å². The number of unbranched alkanes of at least 4 members (excludes halogenated alkanes) is 42. The van der Waals surface area contributed by atoms with Gasteiger partial charge in [-0.3, -0.25) is 18.6 Å². The summed E-state index contributed by atoms with van der Waals surface area (Å²) in [6, 6.07) is -0.844. The molecule has 0 saturated heterocycles. The van der Waals surface area contributed by atoms with Crippen LogP contribution in [0.3, 0.4) is 0 Å². The summed E-state index contributed by atoms with van der Waals surface area (Å²) in [5, 5.41) is 3.07. The van der Waals surface area contributed by atoms with Crippen molar-refractivity contribution in [2.45, 2.75) is 348 Å². The van der Waals surface area contributed by atoms with E-state index in [1.165, 1.54) is 238 Å². The Kier molecular flexibility index (Phi) is 57.1. The van der Waals surface area contributed by atoms with Gasteiger partial charge in [-0.2, -0.15) is 0 Å². The molecule has 9 nitrogen and oxygen atoms in total. The number of nitrogens with one attached hydrogen (secondary N) is 1. The second-order valence-corrected chi connectivity index (χ2v) is 25.8. The van der Waals surface area contributed by atoms with Gasteiger partial charge in [-0.25, -0.2) is 4.57 Å². The summed E-state index contributed by atoms with van der Waals surface area (Å²) in [5.74, 6) is -0.487. The van der Waals surface area contributed by atoms with E-state index in [0.717, 1.165) is 64.2 Å². The first-order valence-electron chi connectivity index (χ1n) is 33.8. The average molecular weight is 1120 g/mol. The minimum absolute atomic E-state index is 0.0434. The van der Waals surface area contributed by atoms with E-state index in [4.69, 9.17) is 13.8 Å². The molecule has 0 rings (SSSR count). The standard InChI is InChI=1S/C68H131N2O7P/c1-7-10-13-16-19-22-25-28-30-31-32-33-34-35-36-37-38-39-40-42-45-48-51-54-57-60-67(71)69-65(64-76-78(73,74)75-63-62-70(4,5)6)66(59-56-53-50-47-44-41-27-24-21-18-15-12-9-3)77-68(72)61-58-55-52-49-46-43-29-26-23-20-17-14-11-8-2/h19,22,28,30,56,59,65-66H,7-18,20-21,23-27,29,31-55,57-58,60-64H2,1-6H3,(H-,69,71,73,74)/p+1/b22-19-,30-28-,59-56-. The lowest BCUT2D eigenvalue weighted by atomic mass is 10.0. The molecule has 0 aliphatic heterocycles. The van der Waals surface area contributed by atoms with Gasteiger partial charge in [0.15, 0.2) is 0 Å². The van der Waals surface area contributed by atoms with Crippen molar-refractivity contribution in [3.8, 4) is 0 Å². The Morgan fingerprint density at radius 2 is 0.782 bits per heavy atom. The van der Waals surface area contributed by atoms with Crippen molar-refractivity contribution in [3.63, 3.8) is 0 Å². The van der Waals surface area contributed by atoms with Crippen LogP contribution in [0, 0.1) is 0 Å². The largest absolute Gasteiger partial charge is 0.472 e. The van der Waals surface area contributed by atoms with Crippen molar-refractivity contribution in [3.05, 3.63) is 36.5 Å². The van der Waals surface area contributed by atoms with Crippen LogP contribution in [-0.4, -0.2) is 74.3 Å². The van der Waals surface area contributed by atoms with Crippen molar-refractivity contribution < 1.29 is 37.3 Å². The van der Waals surface area contributed by atoms with Gasteiger partial charge in [0, 0.05) is 12.8 Å². The summed E-state index contributed by atoms with van der Waals surface area (Å²) in [4.78, 5) is 37.8. The molecule has 0 spiro atoms. The van der Waals surface area contributed by atoms with Crippen molar-refractivity contribution in [1.82, 2.24) is 5.32 Å². The fourth-order valence-electron chi connectivity index (χ4n) is 10.1. The molecule has 0 fully saturated rings. The van der Waals surface area contributed by atoms with Crippen LogP contribution in [0.25, 0.3) is 0 Å². The third-order valence-corrected chi connectivity index (χ3v) is 16.3. The summed E-state index contributed by atoms with van der Waals surface area (Å²) in [5.41, 5.74) is 0. The monoisotopic (exact) mass is 1120 g/mol. The second kappa shape index (κ2) is 58.4. The lowest BCUT2D eigenvalue weighted by molar-refractivity contribution is -0.870. The average Bonchev–Trinajstić information content (AvgIpc) is 3.40. The van der Waals surface area contributed by atoms with E-state index in [1.807, 2.05) is 33.3 Å². The first-order chi connectivity index (χ1) is 37.9. The molecular formula is C68H132N2O7P+. The Labute approximate surface area is 485 Å². The van der Waals surface area contributed by atoms with Crippen LogP contribution >= 0.6 is 7.82 Å². The van der Waals surface area contributed by atoms with E-state index in [0.29, 0.717) is 23.9 Å². The van der Waals surface area contributed by atoms with Crippen LogP contribution in [0.15, 0.2) is 36.5 Å². The number of ether oxygens (including phenoxy) is 1. The number of quaternary nitrogens is 1. The molecule has 0 aromatic heterocycles. The zero-order valence-electron chi connectivity index (χ0n) is 52.7. The second-order valence-electron chi connectivity index (χ2n) is 24.4. The third-order valence-electron chi connectivity index (χ3n) is 15.3. The lowest BCUT2D eigenvalue weighted by Gasteiger charge is -2.27. The number of likely N-dealkylation sites (N-methyl/N-ethyl adjacent to an activating group) is 1. The molecule has 460 valence electrons. The molecule has 3 unspecified atom stereocenters. The molecule has 0 aromatic rings. The zero-order valence-corrected chi connectivity index (χ0v) is 53.6. The molecule has 0 saturated carbocycles. The van der Waals surface area contributed by atoms with Crippen LogP contribution in [0.5, 0.6) is 0 Å². The van der Waals surface area contributed by atoms with Crippen LogP contribution in [0.1, 0.15) is 335 Å². The van der Waals surface area contributed by atoms with Gasteiger partial charge in [-0.05, 0) is 63.9 Å². The smallest absolute Gasteiger partial charge is 0.456 e. The highest BCUT2D eigenvalue weighted by atomic mass is 31.2. The number of esters is 1. The number of allylic oxidation sites excluding steroid dienone is 5. The van der Waals surface area contributed by atoms with E-state index in [1.54, 1.807) is 0 Å². The number of phosphoric acid groups is 1. The van der Waals surface area contributed by atoms with E-state index < -0.39 is 20.0 Å². The van der Waals surface area contributed by atoms with Gasteiger partial charge >= 0.3 is 13.8 Å². The number of rotatable bonds is 62. The van der Waals surface area contributed by atoms with Crippen LogP contribution in [-0.2, 0) is 27.9 Å². The van der Waals surface area contributed by atoms with E-state index in [2.05, 4.69) is 50.4 Å². The number of hydrogen-bond donors (Lipinski definition) is 2. The predicted molar refractivity (Wildman–Crippen MR) is 337 cm³/mol. The molecule has 0 radical (unpaired) electrons. The van der Waals surface area contributed by atoms with Crippen molar-refractivity contribution in [2.24, 2.45) is 0 Å². The molecule has 0 aliphatic carbocycles. The maximum absolute atomic E-state index is 13.6. The van der Waals surface area contributed by atoms with Gasteiger partial charge in [-0.1, -0.05) is 295 Å². The fraction of sp³-hybridized carbons (Fsp3) is 0.882. The Morgan fingerprint density at radius 1 is 0.449 bits per heavy atom. The number of hydrogen-bond acceptors (Lipinski definition) is 6. The van der Waals surface area contributed by atoms with Crippen molar-refractivity contribution >= 4 is 19.7 Å². The number of phosphoric ester groups is 1. The van der Waals surface area contributed by atoms with Crippen molar-refractivity contribution in [2.75, 3.05) is 40.9 Å². The lowest BCUT2D eigenvalue weighted by Crippen LogP contribution is -2.47. The summed E-state index contributed by atoms with van der Waals surface area (Å²) in [7, 11) is 1.51. The minimum atomic E-state index is -4.45. The Balaban J connectivity index is 5.06. The highest BCUT2D eigenvalue weighted by Crippen LogP contribution is 2.43. The summed E-state index contributed by atoms with van der Waals surface area (Å²) < 4.78 is 30.8. The highest BCUT2D eigenvalue weighted by molar-refractivity contribution is 7.47. The first kappa shape index (κ1) is 76.2. The first-order valence-corrected chi connectivity index (χ1v) is 35.3. The van der Waals surface area contributed by atoms with Gasteiger partial charge in [0.05, 0.1) is 33.8 Å². The summed E-state index contributed by atoms with van der Waals surface area (Å²) >= 11 is 0. The van der Waals surface area contributed by atoms with E-state index in [9.17, 15) is 19.0 Å². The molecule has 3 atom stereocenters. The molecule has 2 N–H and O–H groups in total. The Hall–Kier alpha value is -1.77. The quantitative estimate of drug-likeness (QED) is 0.0205. The zero-order chi connectivity index (χ0) is 57.2. The van der Waals surface area contributed by atoms with Gasteiger partial charge in [-0.15, -0.1) is 0 Å². The van der Waals surface area contributed by atoms with E-state index >= 15 is 0 Å². The maximum Gasteiger partial charge on any atom is 0.472 e. The van der Waals surface area contributed by atoms with Gasteiger partial charge in [0.25, 0.3) is 0 Å². The van der Waals surface area contributed by atoms with Crippen LogP contribution < -0.4 is 5.32 Å². The molecule has 0 heterocycles. The number of carbonyl (C=O) groups excluding carboxylic acids is 2. The molecule has 10 heteroatoms. The predicted octanol–water partition coefficient (Wildman–Crippen LogP) is 21.1. The Bertz CT molecular complexity index is 1430. The third kappa shape index (κ3) is 58.9. The molecule has 0 aromatic carbocycles. The van der Waals surface area contributed by atoms with Gasteiger partial charge in [0.2, 0.25) is 5.91 Å². The molecule has 0 aliphatic rings. The molecule has 1 amide bonds. The van der Waals surface area contributed by atoms with Crippen molar-refractivity contribution in [1.29, 1.82) is 0 Å². The fourth-order valence-corrected chi connectivity index (χ4v) is 10.8.